The van der Waals surface area contributed by atoms with Gasteiger partial charge in [-0.05, 0) is 38.8 Å². The Bertz CT molecular complexity index is 383. The van der Waals surface area contributed by atoms with Crippen LogP contribution in [0, 0.1) is 0 Å². The SMILES string of the molecule is CC(C)OCCCCNC(=O)c1cccc(Cl)n1. The number of pyridine rings is 1. The lowest BCUT2D eigenvalue weighted by molar-refractivity contribution is 0.0754. The zero-order chi connectivity index (χ0) is 13.4. The van der Waals surface area contributed by atoms with Crippen LogP contribution in [-0.2, 0) is 4.74 Å². The van der Waals surface area contributed by atoms with Crippen LogP contribution in [0.25, 0.3) is 0 Å². The van der Waals surface area contributed by atoms with Crippen molar-refractivity contribution >= 4 is 17.5 Å². The summed E-state index contributed by atoms with van der Waals surface area (Å²) in [6.07, 6.45) is 2.08. The van der Waals surface area contributed by atoms with Crippen molar-refractivity contribution in [1.29, 1.82) is 0 Å². The van der Waals surface area contributed by atoms with Gasteiger partial charge in [-0.2, -0.15) is 0 Å². The molecule has 1 aromatic rings. The molecule has 0 aromatic carbocycles. The van der Waals surface area contributed by atoms with Crippen molar-refractivity contribution in [2.75, 3.05) is 13.2 Å². The molecular weight excluding hydrogens is 252 g/mol. The second kappa shape index (κ2) is 8.06. The van der Waals surface area contributed by atoms with Crippen LogP contribution < -0.4 is 5.32 Å². The Morgan fingerprint density at radius 2 is 2.22 bits per heavy atom. The Hall–Kier alpha value is -1.13. The van der Waals surface area contributed by atoms with Crippen molar-refractivity contribution in [2.24, 2.45) is 0 Å². The van der Waals surface area contributed by atoms with Crippen molar-refractivity contribution in [3.63, 3.8) is 0 Å². The summed E-state index contributed by atoms with van der Waals surface area (Å²) in [5, 5.41) is 3.13. The summed E-state index contributed by atoms with van der Waals surface area (Å²) in [4.78, 5) is 15.6. The molecule has 0 saturated carbocycles. The minimum atomic E-state index is -0.192. The van der Waals surface area contributed by atoms with Crippen molar-refractivity contribution in [1.82, 2.24) is 10.3 Å². The summed E-state index contributed by atoms with van der Waals surface area (Å²) in [7, 11) is 0. The van der Waals surface area contributed by atoms with E-state index in [0.717, 1.165) is 19.4 Å². The highest BCUT2D eigenvalue weighted by Gasteiger charge is 2.06. The molecule has 1 amide bonds. The lowest BCUT2D eigenvalue weighted by Gasteiger charge is -2.07. The number of aromatic nitrogens is 1. The average molecular weight is 271 g/mol. The third kappa shape index (κ3) is 5.98. The van der Waals surface area contributed by atoms with E-state index in [2.05, 4.69) is 10.3 Å². The summed E-state index contributed by atoms with van der Waals surface area (Å²) in [5.41, 5.74) is 0.348. The first-order valence-corrected chi connectivity index (χ1v) is 6.49. The Labute approximate surface area is 113 Å². The standard InChI is InChI=1S/C13H19ClN2O2/c1-10(2)18-9-4-3-8-15-13(17)11-6-5-7-12(14)16-11/h5-7,10H,3-4,8-9H2,1-2H3,(H,15,17). The fraction of sp³-hybridized carbons (Fsp3) is 0.538. The molecule has 0 spiro atoms. The number of halogens is 1. The third-order valence-electron chi connectivity index (χ3n) is 2.26. The van der Waals surface area contributed by atoms with Crippen molar-refractivity contribution < 1.29 is 9.53 Å². The van der Waals surface area contributed by atoms with E-state index < -0.39 is 0 Å². The van der Waals surface area contributed by atoms with E-state index in [1.54, 1.807) is 18.2 Å². The van der Waals surface area contributed by atoms with E-state index in [9.17, 15) is 4.79 Å². The monoisotopic (exact) mass is 270 g/mol. The summed E-state index contributed by atoms with van der Waals surface area (Å²) in [6, 6.07) is 4.99. The predicted octanol–water partition coefficient (Wildman–Crippen LogP) is 2.67. The number of rotatable bonds is 7. The zero-order valence-electron chi connectivity index (χ0n) is 10.8. The quantitative estimate of drug-likeness (QED) is 0.612. The number of nitrogens with zero attached hydrogens (tertiary/aromatic N) is 1. The first-order chi connectivity index (χ1) is 8.59. The van der Waals surface area contributed by atoms with Crippen LogP contribution in [0.3, 0.4) is 0 Å². The number of carbonyl (C=O) groups is 1. The molecule has 0 saturated heterocycles. The second-order valence-corrected chi connectivity index (χ2v) is 4.62. The molecule has 0 fully saturated rings. The summed E-state index contributed by atoms with van der Waals surface area (Å²) in [5.74, 6) is -0.192. The van der Waals surface area contributed by atoms with Crippen LogP contribution in [0.15, 0.2) is 18.2 Å². The zero-order valence-corrected chi connectivity index (χ0v) is 11.5. The van der Waals surface area contributed by atoms with Gasteiger partial charge in [0.05, 0.1) is 6.10 Å². The molecule has 0 aliphatic rings. The minimum Gasteiger partial charge on any atom is -0.379 e. The van der Waals surface area contributed by atoms with Gasteiger partial charge in [-0.15, -0.1) is 0 Å². The first-order valence-electron chi connectivity index (χ1n) is 6.12. The molecular formula is C13H19ClN2O2. The Balaban J connectivity index is 2.18. The molecule has 0 unspecified atom stereocenters. The highest BCUT2D eigenvalue weighted by molar-refractivity contribution is 6.29. The van der Waals surface area contributed by atoms with Gasteiger partial charge in [0.2, 0.25) is 0 Å². The van der Waals surface area contributed by atoms with E-state index in [1.165, 1.54) is 0 Å². The van der Waals surface area contributed by atoms with Gasteiger partial charge in [0, 0.05) is 13.2 Å². The highest BCUT2D eigenvalue weighted by Crippen LogP contribution is 2.04. The lowest BCUT2D eigenvalue weighted by atomic mass is 10.3. The first kappa shape index (κ1) is 14.9. The lowest BCUT2D eigenvalue weighted by Crippen LogP contribution is -2.25. The average Bonchev–Trinajstić information content (AvgIpc) is 2.33. The number of nitrogens with one attached hydrogen (secondary N) is 1. The van der Waals surface area contributed by atoms with Gasteiger partial charge >= 0.3 is 0 Å². The van der Waals surface area contributed by atoms with Crippen LogP contribution in [0.5, 0.6) is 0 Å². The van der Waals surface area contributed by atoms with Gasteiger partial charge in [-0.3, -0.25) is 4.79 Å². The van der Waals surface area contributed by atoms with Crippen molar-refractivity contribution in [3.05, 3.63) is 29.0 Å². The number of unbranched alkanes of at least 4 members (excludes halogenated alkanes) is 1. The molecule has 5 heteroatoms. The number of amides is 1. The maximum atomic E-state index is 11.7. The van der Waals surface area contributed by atoms with E-state index >= 15 is 0 Å². The van der Waals surface area contributed by atoms with E-state index in [1.807, 2.05) is 13.8 Å². The number of ether oxygens (including phenoxy) is 1. The number of hydrogen-bond acceptors (Lipinski definition) is 3. The molecule has 0 radical (unpaired) electrons. The third-order valence-corrected chi connectivity index (χ3v) is 2.47. The van der Waals surface area contributed by atoms with Gasteiger partial charge in [-0.25, -0.2) is 4.98 Å². The molecule has 18 heavy (non-hydrogen) atoms. The van der Waals surface area contributed by atoms with Crippen LogP contribution in [0.1, 0.15) is 37.2 Å². The second-order valence-electron chi connectivity index (χ2n) is 4.23. The van der Waals surface area contributed by atoms with E-state index in [0.29, 0.717) is 17.4 Å². The van der Waals surface area contributed by atoms with E-state index in [-0.39, 0.29) is 12.0 Å². The normalized spacial score (nSPS) is 10.7. The predicted molar refractivity (Wildman–Crippen MR) is 71.9 cm³/mol. The maximum Gasteiger partial charge on any atom is 0.269 e. The summed E-state index contributed by atoms with van der Waals surface area (Å²) in [6.45, 7) is 5.36. The number of carbonyl (C=O) groups excluding carboxylic acids is 1. The van der Waals surface area contributed by atoms with Gasteiger partial charge in [0.1, 0.15) is 10.8 Å². The number of hydrogen-bond donors (Lipinski definition) is 1. The molecule has 0 atom stereocenters. The molecule has 1 aromatic heterocycles. The molecule has 0 aliphatic heterocycles. The Morgan fingerprint density at radius 1 is 1.44 bits per heavy atom. The van der Waals surface area contributed by atoms with Gasteiger partial charge in [-0.1, -0.05) is 17.7 Å². The van der Waals surface area contributed by atoms with Crippen LogP contribution in [0.4, 0.5) is 0 Å². The molecule has 1 rings (SSSR count). The van der Waals surface area contributed by atoms with Crippen molar-refractivity contribution in [2.45, 2.75) is 32.8 Å². The molecule has 100 valence electrons. The van der Waals surface area contributed by atoms with Crippen LogP contribution in [0.2, 0.25) is 5.15 Å². The molecule has 4 nitrogen and oxygen atoms in total. The molecule has 1 heterocycles. The maximum absolute atomic E-state index is 11.7. The Kier molecular flexibility index (Phi) is 6.68. The topological polar surface area (TPSA) is 51.2 Å². The van der Waals surface area contributed by atoms with E-state index in [4.69, 9.17) is 16.3 Å². The Morgan fingerprint density at radius 3 is 2.89 bits per heavy atom. The van der Waals surface area contributed by atoms with Gasteiger partial charge in [0.25, 0.3) is 5.91 Å². The highest BCUT2D eigenvalue weighted by atomic mass is 35.5. The molecule has 0 bridgehead atoms. The summed E-state index contributed by atoms with van der Waals surface area (Å²) < 4.78 is 5.41. The van der Waals surface area contributed by atoms with Crippen LogP contribution >= 0.6 is 11.6 Å². The van der Waals surface area contributed by atoms with Crippen LogP contribution in [-0.4, -0.2) is 30.1 Å². The molecule has 1 N–H and O–H groups in total. The van der Waals surface area contributed by atoms with Gasteiger partial charge < -0.3 is 10.1 Å². The largest absolute Gasteiger partial charge is 0.379 e. The fourth-order valence-corrected chi connectivity index (χ4v) is 1.54. The summed E-state index contributed by atoms with van der Waals surface area (Å²) >= 11 is 5.71. The molecule has 0 aliphatic carbocycles. The van der Waals surface area contributed by atoms with Gasteiger partial charge in [0.15, 0.2) is 0 Å². The smallest absolute Gasteiger partial charge is 0.269 e. The fourth-order valence-electron chi connectivity index (χ4n) is 1.37. The minimum absolute atomic E-state index is 0.192. The van der Waals surface area contributed by atoms with Crippen molar-refractivity contribution in [3.8, 4) is 0 Å².